The quantitative estimate of drug-likeness (QED) is 0.0361. The molecule has 77 heavy (non-hydrogen) atoms. The Morgan fingerprint density at radius 1 is 0.818 bits per heavy atom. The van der Waals surface area contributed by atoms with Gasteiger partial charge in [0.1, 0.15) is 13.2 Å². The monoisotopic (exact) mass is 1100 g/mol. The predicted molar refractivity (Wildman–Crippen MR) is 291 cm³/mol. The van der Waals surface area contributed by atoms with Gasteiger partial charge in [0.25, 0.3) is 20.2 Å². The molecule has 6 N–H and O–H groups in total. The maximum absolute atomic E-state index is 12.9. The van der Waals surface area contributed by atoms with Gasteiger partial charge in [-0.3, -0.25) is 23.7 Å². The largest absolute Gasteiger partial charge is 0.458 e. The number of nitrogens with zero attached hydrogens (tertiary/aromatic N) is 2. The Hall–Kier alpha value is -5.02. The van der Waals surface area contributed by atoms with Gasteiger partial charge >= 0.3 is 5.97 Å². The van der Waals surface area contributed by atoms with Crippen molar-refractivity contribution < 1.29 is 60.0 Å². The second-order valence-corrected chi connectivity index (χ2v) is 26.9. The number of esters is 1. The third kappa shape index (κ3) is 10.7. The molecule has 4 aliphatic carbocycles. The van der Waals surface area contributed by atoms with Crippen LogP contribution in [0.4, 0.5) is 11.4 Å². The minimum atomic E-state index is -4.45. The molecule has 3 heterocycles. The van der Waals surface area contributed by atoms with Crippen LogP contribution in [0.25, 0.3) is 0 Å². The summed E-state index contributed by atoms with van der Waals surface area (Å²) in [5, 5.41) is 30.2. The van der Waals surface area contributed by atoms with Crippen molar-refractivity contribution >= 4 is 55.1 Å². The minimum absolute atomic E-state index is 0.0570. The van der Waals surface area contributed by atoms with E-state index in [0.29, 0.717) is 55.1 Å². The minimum Gasteiger partial charge on any atom is -0.458 e. The molecule has 0 saturated heterocycles. The highest BCUT2D eigenvalue weighted by Crippen LogP contribution is 2.70. The summed E-state index contributed by atoms with van der Waals surface area (Å²) in [6.07, 6.45) is 18.8. The fourth-order valence-electron chi connectivity index (χ4n) is 14.8. The van der Waals surface area contributed by atoms with Crippen LogP contribution >= 0.6 is 0 Å². The molecule has 3 unspecified atom stereocenters. The van der Waals surface area contributed by atoms with E-state index in [1.54, 1.807) is 18.2 Å². The number of carbonyl (C=O) groups is 3. The number of ether oxygens (including phenoxy) is 2. The lowest BCUT2D eigenvalue weighted by molar-refractivity contribution is -0.245. The van der Waals surface area contributed by atoms with E-state index in [2.05, 4.69) is 22.5 Å². The van der Waals surface area contributed by atoms with Crippen molar-refractivity contribution in [2.75, 3.05) is 37.7 Å². The fraction of sp³-hybridized carbons (Fsp3) is 0.586. The van der Waals surface area contributed by atoms with Crippen LogP contribution in [0, 0.1) is 34.5 Å². The van der Waals surface area contributed by atoms with Crippen LogP contribution in [0.3, 0.4) is 0 Å². The van der Waals surface area contributed by atoms with E-state index < -0.39 is 48.2 Å². The van der Waals surface area contributed by atoms with E-state index in [9.17, 15) is 50.5 Å². The molecule has 2 amide bonds. The van der Waals surface area contributed by atoms with Crippen molar-refractivity contribution in [2.24, 2.45) is 39.5 Å². The first-order valence-electron chi connectivity index (χ1n) is 27.3. The second kappa shape index (κ2) is 21.2. The number of benzene rings is 2. The third-order valence-corrected chi connectivity index (χ3v) is 20.9. The van der Waals surface area contributed by atoms with Gasteiger partial charge in [-0.05, 0) is 159 Å². The van der Waals surface area contributed by atoms with E-state index in [1.165, 1.54) is 24.3 Å². The average Bonchev–Trinajstić information content (AvgIpc) is 4.31. The number of nitrogens with one attached hydrogen (secondary N) is 2. The molecule has 418 valence electrons. The Balaban J connectivity index is 0.707. The smallest absolute Gasteiger partial charge is 0.331 e. The molecule has 0 bridgehead atoms. The number of amides is 2. The fourth-order valence-corrected chi connectivity index (χ4v) is 15.8. The van der Waals surface area contributed by atoms with Crippen LogP contribution in [0.1, 0.15) is 130 Å². The van der Waals surface area contributed by atoms with Gasteiger partial charge in [0.15, 0.2) is 0 Å². The van der Waals surface area contributed by atoms with Crippen molar-refractivity contribution in [1.29, 1.82) is 0 Å². The number of hydrogen-bond acceptors (Lipinski definition) is 13. The van der Waals surface area contributed by atoms with E-state index in [0.717, 1.165) is 73.9 Å². The van der Waals surface area contributed by atoms with Gasteiger partial charge < -0.3 is 35.2 Å². The molecule has 2 aromatic rings. The number of allylic oxidation sites excluding steroid dienone is 6. The highest BCUT2D eigenvalue weighted by molar-refractivity contribution is 7.86. The average molecular weight is 1100 g/mol. The number of hydrogen-bond donors (Lipinski definition) is 6. The lowest BCUT2D eigenvalue weighted by atomic mass is 9.42. The SMILES string of the molecule is CC1(C)C(/C=C/C=C/C=C2\N(CCCCCC(=O)NCCNC(=O)CO[C@H]3CC[C@]4(C)C5C[C@@H](O)[C@]6(C)C(C7=CC(=O)OC7)CC[C@]6(O)C5CC[C@@H]4C3)c3ccc(S(=O)(=O)O)cc3C2(C)C)=Nc2ccc(S(=O)(=O)O)cc21. The highest BCUT2D eigenvalue weighted by atomic mass is 32.2. The number of aliphatic hydroxyl groups excluding tert-OH is 1. The van der Waals surface area contributed by atoms with Gasteiger partial charge in [0, 0.05) is 59.8 Å². The van der Waals surface area contributed by atoms with Crippen LogP contribution < -0.4 is 15.5 Å². The van der Waals surface area contributed by atoms with Crippen LogP contribution in [-0.2, 0) is 54.9 Å². The first-order chi connectivity index (χ1) is 36.2. The van der Waals surface area contributed by atoms with E-state index >= 15 is 0 Å². The summed E-state index contributed by atoms with van der Waals surface area (Å²) in [4.78, 5) is 44.1. The van der Waals surface area contributed by atoms with Crippen molar-refractivity contribution in [3.63, 3.8) is 0 Å². The molecule has 19 heteroatoms. The van der Waals surface area contributed by atoms with Gasteiger partial charge in [-0.15, -0.1) is 0 Å². The lowest BCUT2D eigenvalue weighted by Crippen LogP contribution is -2.67. The van der Waals surface area contributed by atoms with E-state index in [1.807, 2.05) is 65.0 Å². The summed E-state index contributed by atoms with van der Waals surface area (Å²) in [6.45, 7) is 13.5. The number of carbonyl (C=O) groups excluding carboxylic acids is 3. The topological polar surface area (TPSA) is 259 Å². The Labute approximate surface area is 453 Å². The molecule has 3 aliphatic heterocycles. The Kier molecular flexibility index (Phi) is 15.6. The zero-order valence-electron chi connectivity index (χ0n) is 45.1. The Bertz CT molecular complexity index is 3070. The second-order valence-electron chi connectivity index (χ2n) is 24.1. The van der Waals surface area contributed by atoms with Crippen LogP contribution in [0.5, 0.6) is 0 Å². The molecule has 7 aliphatic rings. The van der Waals surface area contributed by atoms with Crippen molar-refractivity contribution in [1.82, 2.24) is 10.6 Å². The summed E-state index contributed by atoms with van der Waals surface area (Å²) < 4.78 is 78.8. The number of fused-ring (bicyclic) bond motifs is 7. The first-order valence-corrected chi connectivity index (χ1v) is 30.2. The van der Waals surface area contributed by atoms with Gasteiger partial charge in [-0.25, -0.2) is 4.79 Å². The van der Waals surface area contributed by atoms with Crippen molar-refractivity contribution in [3.8, 4) is 0 Å². The molecular weight excluding hydrogens is 1020 g/mol. The van der Waals surface area contributed by atoms with Crippen LogP contribution in [0.2, 0.25) is 0 Å². The highest BCUT2D eigenvalue weighted by Gasteiger charge is 2.71. The zero-order chi connectivity index (χ0) is 55.5. The van der Waals surface area contributed by atoms with Crippen molar-refractivity contribution in [2.45, 2.75) is 157 Å². The van der Waals surface area contributed by atoms with Crippen molar-refractivity contribution in [3.05, 3.63) is 95.3 Å². The van der Waals surface area contributed by atoms with Gasteiger partial charge in [0.2, 0.25) is 11.8 Å². The van der Waals surface area contributed by atoms with Gasteiger partial charge in [0.05, 0.1) is 39.0 Å². The van der Waals surface area contributed by atoms with Gasteiger partial charge in [-0.1, -0.05) is 66.2 Å². The predicted octanol–water partition coefficient (Wildman–Crippen LogP) is 7.74. The number of rotatable bonds is 18. The molecule has 9 atom stereocenters. The molecular formula is C58H76N4O13S2. The van der Waals surface area contributed by atoms with E-state index in [4.69, 9.17) is 14.5 Å². The standard InChI is InChI=1S/C58H76N4O13S2/c1-54(2)44-31-39(76(68,69)70)17-20-46(44)61-48(54)13-9-7-10-14-49-55(3,4)45-32-40(77(71,72)73)18-21-47(45)62(49)28-12-8-11-15-51(64)59-26-27-60-52(65)35-74-38-22-24-56(5)37(30-38)16-19-42-43(56)33-50(63)57(6)41(23-25-58(42,57)67)36-29-53(66)75-34-36/h7,9-10,13-14,17-18,20-21,29,31-32,37-38,41-43,50,63,67H,8,11-12,15-16,19,22-28,30,33-35H2,1-6H3,(H,59,64)(H,60,65)(H,68,69,70)(H,71,72,73)/b10-7+,13-9+,49-14-/t37-,38+,41?,42?,43?,50-,56+,57+,58+/m1/s1. The number of anilines is 1. The number of aliphatic hydroxyl groups is 2. The summed E-state index contributed by atoms with van der Waals surface area (Å²) in [6, 6.07) is 8.96. The molecule has 17 nitrogen and oxygen atoms in total. The Morgan fingerprint density at radius 3 is 2.22 bits per heavy atom. The molecule has 0 radical (unpaired) electrons. The number of unbranched alkanes of at least 4 members (excludes halogenated alkanes) is 2. The first kappa shape index (κ1) is 56.7. The van der Waals surface area contributed by atoms with E-state index in [-0.39, 0.29) is 83.2 Å². The molecule has 0 spiro atoms. The summed E-state index contributed by atoms with van der Waals surface area (Å²) >= 11 is 0. The third-order valence-electron chi connectivity index (χ3n) is 19.2. The maximum Gasteiger partial charge on any atom is 0.331 e. The lowest BCUT2D eigenvalue weighted by Gasteiger charge is -2.65. The zero-order valence-corrected chi connectivity index (χ0v) is 46.7. The Morgan fingerprint density at radius 2 is 1.52 bits per heavy atom. The maximum atomic E-state index is 12.9. The molecule has 9 rings (SSSR count). The summed E-state index contributed by atoms with van der Waals surface area (Å²) in [5.74, 6) is -0.252. The van der Waals surface area contributed by atoms with Gasteiger partial charge in [-0.2, -0.15) is 16.8 Å². The molecule has 4 fully saturated rings. The number of cyclic esters (lactones) is 1. The molecule has 0 aromatic heterocycles. The normalized spacial score (nSPS) is 31.6. The van der Waals surface area contributed by atoms with Crippen LogP contribution in [0.15, 0.2) is 98.9 Å². The summed E-state index contributed by atoms with van der Waals surface area (Å²) in [7, 11) is -8.83. The molecule has 4 saturated carbocycles. The van der Waals surface area contributed by atoms with Crippen LogP contribution in [-0.4, -0.2) is 110 Å². The number of aliphatic imine (C=N–C) groups is 1. The summed E-state index contributed by atoms with van der Waals surface area (Å²) in [5.41, 5.74) is 2.26. The molecule has 2 aromatic carbocycles.